The molecule has 424 valence electrons. The summed E-state index contributed by atoms with van der Waals surface area (Å²) in [6.45, 7) is 13.8. The van der Waals surface area contributed by atoms with Gasteiger partial charge in [-0.05, 0) is 174 Å². The zero-order chi connectivity index (χ0) is 58.8. The number of hydrogen-bond acceptors (Lipinski definition) is 2. The van der Waals surface area contributed by atoms with Crippen LogP contribution in [0.5, 0.6) is 0 Å². The Morgan fingerprint density at radius 1 is 0.322 bits per heavy atom. The predicted molar refractivity (Wildman–Crippen MR) is 370 cm³/mol. The van der Waals surface area contributed by atoms with E-state index in [0.29, 0.717) is 0 Å². The number of nitrogens with zero attached hydrogens (tertiary/aromatic N) is 2. The lowest BCUT2D eigenvalue weighted by atomic mass is 9.33. The summed E-state index contributed by atoms with van der Waals surface area (Å²) in [4.78, 5) is 5.54. The van der Waals surface area contributed by atoms with Gasteiger partial charge in [-0.1, -0.05) is 272 Å². The third-order valence-corrected chi connectivity index (χ3v) is 20.7. The molecule has 6 aliphatic rings. The Hall–Kier alpha value is -8.92. The highest BCUT2D eigenvalue weighted by atomic mass is 15.2. The fraction of sp³-hybridized carbons (Fsp3) is 0.214. The van der Waals surface area contributed by atoms with Gasteiger partial charge in [0.2, 0.25) is 0 Å². The van der Waals surface area contributed by atoms with E-state index < -0.39 is 0 Å². The van der Waals surface area contributed by atoms with Crippen LogP contribution in [0.4, 0.5) is 34.1 Å². The fourth-order valence-electron chi connectivity index (χ4n) is 16.9. The van der Waals surface area contributed by atoms with Gasteiger partial charge in [0, 0.05) is 45.0 Å². The molecule has 17 rings (SSSR count). The monoisotopic (exact) mass is 1120 g/mol. The van der Waals surface area contributed by atoms with Crippen molar-refractivity contribution in [2.45, 2.75) is 96.3 Å². The summed E-state index contributed by atoms with van der Waals surface area (Å²) in [5, 5.41) is 0. The molecule has 87 heavy (non-hydrogen) atoms. The molecular weight excluding hydrogens is 1050 g/mol. The third-order valence-electron chi connectivity index (χ3n) is 20.7. The van der Waals surface area contributed by atoms with Gasteiger partial charge in [0.15, 0.2) is 0 Å². The average Bonchev–Trinajstić information content (AvgIpc) is 0.736. The largest absolute Gasteiger partial charge is 0.310 e. The van der Waals surface area contributed by atoms with Crippen LogP contribution in [-0.4, -0.2) is 6.71 Å². The molecule has 0 N–H and O–H groups in total. The number of benzene rings is 11. The zero-order valence-corrected chi connectivity index (χ0v) is 51.2. The quantitative estimate of drug-likeness (QED) is 0.133. The maximum Gasteiger partial charge on any atom is 0.252 e. The molecule has 2 aliphatic heterocycles. The standard InChI is InChI=1S/C84H75BN2/c1-82(2,3)66-39-33-58(34-40-66)64-37-43-75-73(48-64)85-74-49-65(59-35-41-67(42-36-59)83(4,5)6)38-44-76(74)87(81-71(62-25-15-9-16-26-62)31-20-32-72(81)63-27-17-10-18-28-63)78-51-68(84-52-55-45-56(53-84)47-57(46-55)54-84)50-77(79(78)85)86(75)80-69(60-21-11-7-12-22-60)29-19-30-70(80)61-23-13-8-14-24-61/h7-44,48-51,55-57H,45-47,52-54H2,1-6H3. The maximum atomic E-state index is 2.77. The van der Waals surface area contributed by atoms with Gasteiger partial charge in [-0.3, -0.25) is 0 Å². The molecule has 11 aromatic carbocycles. The van der Waals surface area contributed by atoms with Crippen LogP contribution in [0.2, 0.25) is 0 Å². The molecule has 4 bridgehead atoms. The minimum Gasteiger partial charge on any atom is -0.310 e. The lowest BCUT2D eigenvalue weighted by Crippen LogP contribution is -2.61. The van der Waals surface area contributed by atoms with Crippen LogP contribution in [0.15, 0.2) is 255 Å². The summed E-state index contributed by atoms with van der Waals surface area (Å²) < 4.78 is 0. The third kappa shape index (κ3) is 9.14. The van der Waals surface area contributed by atoms with Crippen molar-refractivity contribution >= 4 is 57.2 Å². The van der Waals surface area contributed by atoms with Crippen molar-refractivity contribution in [1.82, 2.24) is 0 Å². The first-order valence-electron chi connectivity index (χ1n) is 32.1. The van der Waals surface area contributed by atoms with Gasteiger partial charge in [-0.25, -0.2) is 0 Å². The maximum absolute atomic E-state index is 2.77. The highest BCUT2D eigenvalue weighted by molar-refractivity contribution is 7.00. The second kappa shape index (κ2) is 20.6. The van der Waals surface area contributed by atoms with Gasteiger partial charge in [0.1, 0.15) is 0 Å². The van der Waals surface area contributed by atoms with Crippen LogP contribution >= 0.6 is 0 Å². The van der Waals surface area contributed by atoms with Gasteiger partial charge in [-0.2, -0.15) is 0 Å². The molecule has 11 aromatic rings. The molecule has 3 heteroatoms. The number of para-hydroxylation sites is 2. The van der Waals surface area contributed by atoms with Crippen LogP contribution < -0.4 is 26.2 Å². The van der Waals surface area contributed by atoms with E-state index in [-0.39, 0.29) is 23.0 Å². The topological polar surface area (TPSA) is 6.48 Å². The molecule has 0 atom stereocenters. The minimum absolute atomic E-state index is 0.0363. The average molecular weight is 1120 g/mol. The van der Waals surface area contributed by atoms with Crippen molar-refractivity contribution in [3.05, 3.63) is 271 Å². The SMILES string of the molecule is CC(C)(C)c1ccc(-c2ccc3c(c2)B2c4cc(-c5ccc(C(C)(C)C)cc5)ccc4N(c4c(-c5ccccc5)cccc4-c4ccccc4)c4cc(C56CC7CC(CC(C7)C5)C6)cc(c42)N3c2c(-c3ccccc3)cccc2-c2ccccc2)cc1. The molecule has 2 heterocycles. The Balaban J connectivity index is 1.06. The van der Waals surface area contributed by atoms with Crippen molar-refractivity contribution < 1.29 is 0 Å². The van der Waals surface area contributed by atoms with Crippen LogP contribution in [0.25, 0.3) is 66.8 Å². The summed E-state index contributed by atoms with van der Waals surface area (Å²) in [6, 6.07) is 98.2. The fourth-order valence-corrected chi connectivity index (χ4v) is 16.9. The van der Waals surface area contributed by atoms with E-state index in [9.17, 15) is 0 Å². The van der Waals surface area contributed by atoms with Gasteiger partial charge in [0.05, 0.1) is 11.4 Å². The summed E-state index contributed by atoms with van der Waals surface area (Å²) in [6.07, 6.45) is 7.93. The number of hydrogen-bond donors (Lipinski definition) is 0. The predicted octanol–water partition coefficient (Wildman–Crippen LogP) is 20.8. The van der Waals surface area contributed by atoms with E-state index in [2.05, 4.69) is 306 Å². The first kappa shape index (κ1) is 53.5. The Morgan fingerprint density at radius 2 is 0.644 bits per heavy atom. The lowest BCUT2D eigenvalue weighted by molar-refractivity contribution is -0.00514. The van der Waals surface area contributed by atoms with E-state index in [1.54, 1.807) is 0 Å². The molecule has 0 amide bonds. The van der Waals surface area contributed by atoms with Crippen LogP contribution in [-0.2, 0) is 16.2 Å². The minimum atomic E-state index is -0.131. The molecule has 0 aromatic heterocycles. The molecule has 4 saturated carbocycles. The molecule has 0 saturated heterocycles. The lowest BCUT2D eigenvalue weighted by Gasteiger charge is -2.57. The summed E-state index contributed by atoms with van der Waals surface area (Å²) >= 11 is 0. The summed E-state index contributed by atoms with van der Waals surface area (Å²) in [5.74, 6) is 2.30. The Bertz CT molecular complexity index is 4010. The highest BCUT2D eigenvalue weighted by Gasteiger charge is 2.53. The van der Waals surface area contributed by atoms with E-state index in [1.165, 1.54) is 172 Å². The van der Waals surface area contributed by atoms with Crippen LogP contribution in [0.3, 0.4) is 0 Å². The Kier molecular flexibility index (Phi) is 12.7. The highest BCUT2D eigenvalue weighted by Crippen LogP contribution is 2.63. The molecule has 0 spiro atoms. The van der Waals surface area contributed by atoms with Gasteiger partial charge in [-0.15, -0.1) is 0 Å². The second-order valence-corrected chi connectivity index (χ2v) is 28.3. The number of rotatable bonds is 9. The normalized spacial score (nSPS) is 19.0. The van der Waals surface area contributed by atoms with Crippen LogP contribution in [0, 0.1) is 17.8 Å². The van der Waals surface area contributed by atoms with Crippen LogP contribution in [0.1, 0.15) is 96.8 Å². The van der Waals surface area contributed by atoms with E-state index >= 15 is 0 Å². The number of anilines is 6. The van der Waals surface area contributed by atoms with Crippen molar-refractivity contribution in [2.75, 3.05) is 9.80 Å². The first-order valence-corrected chi connectivity index (χ1v) is 32.1. The smallest absolute Gasteiger partial charge is 0.252 e. The first-order chi connectivity index (χ1) is 42.3. The Morgan fingerprint density at radius 3 is 0.966 bits per heavy atom. The van der Waals surface area contributed by atoms with Gasteiger partial charge < -0.3 is 9.80 Å². The van der Waals surface area contributed by atoms with Crippen molar-refractivity contribution in [3.63, 3.8) is 0 Å². The molecule has 4 aliphatic carbocycles. The molecular formula is C84H75BN2. The molecule has 0 radical (unpaired) electrons. The van der Waals surface area contributed by atoms with Gasteiger partial charge in [0.25, 0.3) is 6.71 Å². The van der Waals surface area contributed by atoms with Crippen molar-refractivity contribution in [2.24, 2.45) is 17.8 Å². The van der Waals surface area contributed by atoms with Crippen molar-refractivity contribution in [1.29, 1.82) is 0 Å². The number of fused-ring (bicyclic) bond motifs is 4. The second-order valence-electron chi connectivity index (χ2n) is 28.3. The molecule has 2 nitrogen and oxygen atoms in total. The van der Waals surface area contributed by atoms with E-state index in [1.807, 2.05) is 0 Å². The molecule has 4 fully saturated rings. The van der Waals surface area contributed by atoms with E-state index in [4.69, 9.17) is 0 Å². The molecule has 0 unspecified atom stereocenters. The Labute approximate surface area is 516 Å². The summed E-state index contributed by atoms with van der Waals surface area (Å²) in [7, 11) is 0. The van der Waals surface area contributed by atoms with E-state index in [0.717, 1.165) is 17.8 Å². The van der Waals surface area contributed by atoms with Crippen molar-refractivity contribution in [3.8, 4) is 66.8 Å². The van der Waals surface area contributed by atoms with Gasteiger partial charge >= 0.3 is 0 Å². The summed E-state index contributed by atoms with van der Waals surface area (Å²) in [5.41, 5.74) is 30.3. The zero-order valence-electron chi connectivity index (χ0n) is 51.2.